The van der Waals surface area contributed by atoms with Crippen LogP contribution in [-0.2, 0) is 4.79 Å². The molecule has 1 saturated heterocycles. The Morgan fingerprint density at radius 1 is 0.862 bits per heavy atom. The number of anilines is 1. The second kappa shape index (κ2) is 7.70. The van der Waals surface area contributed by atoms with E-state index < -0.39 is 0 Å². The van der Waals surface area contributed by atoms with Gasteiger partial charge < -0.3 is 0 Å². The van der Waals surface area contributed by atoms with Crippen molar-refractivity contribution in [2.75, 3.05) is 4.90 Å². The molecule has 29 heavy (non-hydrogen) atoms. The van der Waals surface area contributed by atoms with Crippen molar-refractivity contribution >= 4 is 61.7 Å². The van der Waals surface area contributed by atoms with Gasteiger partial charge in [0.2, 0.25) is 0 Å². The zero-order chi connectivity index (χ0) is 19.6. The Balaban J connectivity index is 1.57. The molecule has 0 unspecified atom stereocenters. The highest BCUT2D eigenvalue weighted by Gasteiger charge is 2.34. The zero-order valence-electron chi connectivity index (χ0n) is 15.4. The molecule has 0 saturated carbocycles. The molecule has 3 aromatic carbocycles. The Hall–Kier alpha value is -3.15. The highest BCUT2D eigenvalue weighted by atomic mass is 32.2. The van der Waals surface area contributed by atoms with Crippen LogP contribution in [0.3, 0.4) is 0 Å². The maximum absolute atomic E-state index is 13.3. The molecule has 0 N–H and O–H groups in total. The molecule has 0 spiro atoms. The van der Waals surface area contributed by atoms with Crippen LogP contribution in [0.15, 0.2) is 100 Å². The summed E-state index contributed by atoms with van der Waals surface area (Å²) in [6, 6.07) is 27.8. The van der Waals surface area contributed by atoms with Crippen LogP contribution in [0.4, 0.5) is 11.4 Å². The largest absolute Gasteiger partial charge is 0.271 e. The van der Waals surface area contributed by atoms with Gasteiger partial charge in [0.25, 0.3) is 5.91 Å². The van der Waals surface area contributed by atoms with Crippen molar-refractivity contribution in [3.8, 4) is 0 Å². The highest BCUT2D eigenvalue weighted by Crippen LogP contribution is 2.37. The Kier molecular flexibility index (Phi) is 4.76. The van der Waals surface area contributed by atoms with Crippen LogP contribution in [0.1, 0.15) is 5.56 Å². The Bertz CT molecular complexity index is 1240. The van der Waals surface area contributed by atoms with Crippen molar-refractivity contribution in [2.45, 2.75) is 0 Å². The molecule has 1 aliphatic rings. The molecule has 3 nitrogen and oxygen atoms in total. The molecule has 0 radical (unpaired) electrons. The number of hydrogen-bond acceptors (Lipinski definition) is 4. The normalized spacial score (nSPS) is 17.0. The van der Waals surface area contributed by atoms with Crippen molar-refractivity contribution < 1.29 is 4.79 Å². The maximum atomic E-state index is 13.3. The van der Waals surface area contributed by atoms with E-state index in [4.69, 9.17) is 4.99 Å². The minimum atomic E-state index is -0.0544. The minimum Gasteiger partial charge on any atom is -0.268 e. The number of thiophene rings is 1. The first-order chi connectivity index (χ1) is 14.3. The first kappa shape index (κ1) is 17.9. The van der Waals surface area contributed by atoms with Gasteiger partial charge in [-0.15, -0.1) is 11.3 Å². The summed E-state index contributed by atoms with van der Waals surface area (Å²) in [5.41, 5.74) is 2.65. The van der Waals surface area contributed by atoms with Crippen LogP contribution in [-0.4, -0.2) is 11.1 Å². The molecule has 140 valence electrons. The van der Waals surface area contributed by atoms with E-state index in [2.05, 4.69) is 29.6 Å². The fraction of sp³-hybridized carbons (Fsp3) is 0. The first-order valence-electron chi connectivity index (χ1n) is 9.18. The predicted octanol–water partition coefficient (Wildman–Crippen LogP) is 6.71. The number of aliphatic imine (C=N–C) groups is 1. The lowest BCUT2D eigenvalue weighted by molar-refractivity contribution is -0.113. The summed E-state index contributed by atoms with van der Waals surface area (Å²) >= 11 is 3.13. The van der Waals surface area contributed by atoms with Crippen molar-refractivity contribution in [2.24, 2.45) is 4.99 Å². The van der Waals surface area contributed by atoms with E-state index >= 15 is 0 Å². The van der Waals surface area contributed by atoms with Gasteiger partial charge >= 0.3 is 0 Å². The summed E-state index contributed by atoms with van der Waals surface area (Å²) in [5, 5.41) is 3.94. The molecule has 0 bridgehead atoms. The molecule has 1 amide bonds. The van der Waals surface area contributed by atoms with Crippen LogP contribution in [0.5, 0.6) is 0 Å². The number of benzene rings is 3. The molecule has 1 aliphatic heterocycles. The van der Waals surface area contributed by atoms with E-state index in [0.29, 0.717) is 10.1 Å². The van der Waals surface area contributed by atoms with Crippen molar-refractivity contribution in [3.05, 3.63) is 101 Å². The lowest BCUT2D eigenvalue weighted by atomic mass is 10.1. The van der Waals surface area contributed by atoms with E-state index in [0.717, 1.165) is 16.9 Å². The standard InChI is InChI=1S/C24H16N2OS2/c27-23-22(16-17-11-12-21-18(15-17)13-14-28-21)29-24(25-19-7-3-1-4-8-19)26(23)20-9-5-2-6-10-20/h1-16H/b22-16-,25-24-. The van der Waals surface area contributed by atoms with E-state index in [1.54, 1.807) is 16.2 Å². The number of amidine groups is 1. The minimum absolute atomic E-state index is 0.0544. The second-order valence-corrected chi connectivity index (χ2v) is 8.49. The molecular formula is C24H16N2OS2. The zero-order valence-corrected chi connectivity index (χ0v) is 17.0. The molecule has 5 rings (SSSR count). The van der Waals surface area contributed by atoms with Gasteiger partial charge in [-0.1, -0.05) is 42.5 Å². The highest BCUT2D eigenvalue weighted by molar-refractivity contribution is 8.19. The summed E-state index contributed by atoms with van der Waals surface area (Å²) in [4.78, 5) is 20.4. The number of nitrogens with zero attached hydrogens (tertiary/aromatic N) is 2. The van der Waals surface area contributed by atoms with Crippen LogP contribution in [0, 0.1) is 0 Å². The van der Waals surface area contributed by atoms with Gasteiger partial charge in [-0.05, 0) is 76.6 Å². The van der Waals surface area contributed by atoms with Crippen LogP contribution < -0.4 is 4.90 Å². The SMILES string of the molecule is O=C1/C(=C/c2ccc3sccc3c2)S/C(=N\c2ccccc2)N1c1ccccc1. The van der Waals surface area contributed by atoms with Gasteiger partial charge in [0.05, 0.1) is 16.3 Å². The topological polar surface area (TPSA) is 32.7 Å². The van der Waals surface area contributed by atoms with Gasteiger partial charge in [0, 0.05) is 4.70 Å². The van der Waals surface area contributed by atoms with Crippen molar-refractivity contribution in [1.82, 2.24) is 0 Å². The molecule has 2 heterocycles. The lowest BCUT2D eigenvalue weighted by Crippen LogP contribution is -2.28. The molecule has 4 aromatic rings. The van der Waals surface area contributed by atoms with Gasteiger partial charge in [0.15, 0.2) is 5.17 Å². The third-order valence-electron chi connectivity index (χ3n) is 4.58. The number of para-hydroxylation sites is 2. The van der Waals surface area contributed by atoms with Crippen LogP contribution >= 0.6 is 23.1 Å². The summed E-state index contributed by atoms with van der Waals surface area (Å²) in [5.74, 6) is -0.0544. The summed E-state index contributed by atoms with van der Waals surface area (Å²) in [7, 11) is 0. The second-order valence-electron chi connectivity index (χ2n) is 6.53. The predicted molar refractivity (Wildman–Crippen MR) is 125 cm³/mol. The number of rotatable bonds is 3. The molecule has 0 aliphatic carbocycles. The number of carbonyl (C=O) groups excluding carboxylic acids is 1. The van der Waals surface area contributed by atoms with Gasteiger partial charge in [-0.25, -0.2) is 4.99 Å². The van der Waals surface area contributed by atoms with Gasteiger partial charge in [0.1, 0.15) is 0 Å². The molecule has 0 atom stereocenters. The van der Waals surface area contributed by atoms with Crippen molar-refractivity contribution in [3.63, 3.8) is 0 Å². The lowest BCUT2D eigenvalue weighted by Gasteiger charge is -2.15. The average Bonchev–Trinajstić information content (AvgIpc) is 3.34. The number of fused-ring (bicyclic) bond motifs is 1. The smallest absolute Gasteiger partial charge is 0.268 e. The van der Waals surface area contributed by atoms with E-state index in [1.807, 2.05) is 66.7 Å². The molecule has 1 aromatic heterocycles. The first-order valence-corrected chi connectivity index (χ1v) is 10.9. The van der Waals surface area contributed by atoms with Gasteiger partial charge in [-0.3, -0.25) is 9.69 Å². The van der Waals surface area contributed by atoms with Crippen LogP contribution in [0.25, 0.3) is 16.2 Å². The summed E-state index contributed by atoms with van der Waals surface area (Å²) in [6.07, 6.45) is 1.95. The van der Waals surface area contributed by atoms with Crippen LogP contribution in [0.2, 0.25) is 0 Å². The fourth-order valence-corrected chi connectivity index (χ4v) is 4.96. The quantitative estimate of drug-likeness (QED) is 0.350. The number of thioether (sulfide) groups is 1. The van der Waals surface area contributed by atoms with E-state index in [9.17, 15) is 4.79 Å². The number of carbonyl (C=O) groups is 1. The average molecular weight is 413 g/mol. The van der Waals surface area contributed by atoms with E-state index in [-0.39, 0.29) is 5.91 Å². The third kappa shape index (κ3) is 3.62. The van der Waals surface area contributed by atoms with Gasteiger partial charge in [-0.2, -0.15) is 0 Å². The Labute approximate surface area is 177 Å². The Morgan fingerprint density at radius 2 is 1.62 bits per heavy atom. The van der Waals surface area contributed by atoms with Crippen molar-refractivity contribution in [1.29, 1.82) is 0 Å². The fourth-order valence-electron chi connectivity index (χ4n) is 3.19. The monoisotopic (exact) mass is 412 g/mol. The molecule has 1 fully saturated rings. The Morgan fingerprint density at radius 3 is 2.41 bits per heavy atom. The number of amides is 1. The summed E-state index contributed by atoms with van der Waals surface area (Å²) in [6.45, 7) is 0. The third-order valence-corrected chi connectivity index (χ3v) is 6.44. The maximum Gasteiger partial charge on any atom is 0.271 e. The molecule has 5 heteroatoms. The van der Waals surface area contributed by atoms with E-state index in [1.165, 1.54) is 21.8 Å². The summed E-state index contributed by atoms with van der Waals surface area (Å²) < 4.78 is 1.25. The molecular weight excluding hydrogens is 396 g/mol. The number of hydrogen-bond donors (Lipinski definition) is 0.